The van der Waals surface area contributed by atoms with Crippen LogP contribution < -0.4 is 0 Å². The molecule has 2 rings (SSSR count). The Morgan fingerprint density at radius 3 is 1.83 bits per heavy atom. The van der Waals surface area contributed by atoms with Gasteiger partial charge in [0.1, 0.15) is 0 Å². The third kappa shape index (κ3) is 5.09. The lowest BCUT2D eigenvalue weighted by atomic mass is 9.79. The normalized spacial score (nSPS) is 25.0. The highest BCUT2D eigenvalue weighted by atomic mass is 32.2. The highest BCUT2D eigenvalue weighted by Crippen LogP contribution is 2.40. The third-order valence-electron chi connectivity index (χ3n) is 6.13. The van der Waals surface area contributed by atoms with Gasteiger partial charge in [0.15, 0.2) is 0 Å². The Morgan fingerprint density at radius 1 is 0.867 bits per heavy atom. The molecule has 2 aliphatic heterocycles. The molecule has 170 valence electrons. The molecule has 0 N–H and O–H groups in total. The second-order valence-corrected chi connectivity index (χ2v) is 13.1. The van der Waals surface area contributed by atoms with Crippen LogP contribution in [-0.2, 0) is 19.2 Å². The van der Waals surface area contributed by atoms with Crippen LogP contribution >= 0.6 is 11.8 Å². The van der Waals surface area contributed by atoms with Gasteiger partial charge in [0.2, 0.25) is 23.6 Å². The van der Waals surface area contributed by atoms with Crippen molar-refractivity contribution >= 4 is 35.4 Å². The zero-order valence-corrected chi connectivity index (χ0v) is 20.8. The van der Waals surface area contributed by atoms with Crippen LogP contribution in [-0.4, -0.2) is 55.0 Å². The molecule has 0 saturated carbocycles. The van der Waals surface area contributed by atoms with Crippen LogP contribution in [0.3, 0.4) is 0 Å². The molecule has 6 nitrogen and oxygen atoms in total. The van der Waals surface area contributed by atoms with Gasteiger partial charge in [0, 0.05) is 29.2 Å². The van der Waals surface area contributed by atoms with Gasteiger partial charge >= 0.3 is 0 Å². The largest absolute Gasteiger partial charge is 0.277 e. The fraction of sp³-hybridized carbons (Fsp3) is 0.826. The maximum atomic E-state index is 13.0. The lowest BCUT2D eigenvalue weighted by Crippen LogP contribution is -2.49. The number of hydrogen-bond acceptors (Lipinski definition) is 5. The van der Waals surface area contributed by atoms with Gasteiger partial charge in [-0.3, -0.25) is 29.0 Å². The Kier molecular flexibility index (Phi) is 6.88. The number of hydrogen-bond donors (Lipinski definition) is 0. The van der Waals surface area contributed by atoms with E-state index in [2.05, 4.69) is 0 Å². The van der Waals surface area contributed by atoms with Crippen molar-refractivity contribution in [3.05, 3.63) is 0 Å². The summed E-state index contributed by atoms with van der Waals surface area (Å²) < 4.78 is 0. The molecule has 2 fully saturated rings. The fourth-order valence-corrected chi connectivity index (χ4v) is 5.65. The molecule has 2 heterocycles. The second-order valence-electron chi connectivity index (χ2n) is 11.4. The number of amides is 4. The molecule has 2 aliphatic rings. The van der Waals surface area contributed by atoms with Gasteiger partial charge in [-0.1, -0.05) is 27.7 Å². The molecule has 7 heteroatoms. The van der Waals surface area contributed by atoms with E-state index >= 15 is 0 Å². The van der Waals surface area contributed by atoms with E-state index in [1.54, 1.807) is 0 Å². The Balaban J connectivity index is 1.98. The van der Waals surface area contributed by atoms with Gasteiger partial charge in [-0.15, -0.1) is 11.8 Å². The quantitative estimate of drug-likeness (QED) is 0.586. The van der Waals surface area contributed by atoms with Crippen molar-refractivity contribution < 1.29 is 19.2 Å². The van der Waals surface area contributed by atoms with Crippen LogP contribution in [0, 0.1) is 11.3 Å². The van der Waals surface area contributed by atoms with Crippen LogP contribution in [0.4, 0.5) is 0 Å². The van der Waals surface area contributed by atoms with E-state index < -0.39 is 11.1 Å². The SMILES string of the molecule is CC(CCC(C)(C)N1C(=O)CC(C(C)(C)C)C1=O)SC1CC(=O)N(C(C)(C)C)C1=O. The first-order valence-electron chi connectivity index (χ1n) is 10.9. The number of rotatable bonds is 6. The molecule has 0 aromatic rings. The lowest BCUT2D eigenvalue weighted by molar-refractivity contribution is -0.147. The highest BCUT2D eigenvalue weighted by molar-refractivity contribution is 8.01. The first kappa shape index (κ1) is 24.9. The van der Waals surface area contributed by atoms with Crippen LogP contribution in [0.2, 0.25) is 0 Å². The minimum Gasteiger partial charge on any atom is -0.277 e. The summed E-state index contributed by atoms with van der Waals surface area (Å²) in [5.41, 5.74) is -1.32. The smallest absolute Gasteiger partial charge is 0.243 e. The second kappa shape index (κ2) is 8.29. The molecule has 3 unspecified atom stereocenters. The highest BCUT2D eigenvalue weighted by Gasteiger charge is 2.50. The van der Waals surface area contributed by atoms with Gasteiger partial charge in [-0.05, 0) is 52.9 Å². The minimum absolute atomic E-state index is 0.0739. The van der Waals surface area contributed by atoms with Gasteiger partial charge in [0.05, 0.1) is 11.2 Å². The summed E-state index contributed by atoms with van der Waals surface area (Å²) in [7, 11) is 0. The van der Waals surface area contributed by atoms with Gasteiger partial charge in [-0.2, -0.15) is 0 Å². The maximum absolute atomic E-state index is 13.0. The first-order chi connectivity index (χ1) is 13.5. The zero-order valence-electron chi connectivity index (χ0n) is 20.0. The molecular formula is C23H38N2O4S. The molecule has 0 aromatic carbocycles. The lowest BCUT2D eigenvalue weighted by Gasteiger charge is -2.36. The number of thioether (sulfide) groups is 1. The zero-order chi connectivity index (χ0) is 23.2. The van der Waals surface area contributed by atoms with Gasteiger partial charge < -0.3 is 0 Å². The molecule has 2 saturated heterocycles. The maximum Gasteiger partial charge on any atom is 0.243 e. The molecule has 3 atom stereocenters. The summed E-state index contributed by atoms with van der Waals surface area (Å²) in [6, 6.07) is 0. The number of carbonyl (C=O) groups is 4. The summed E-state index contributed by atoms with van der Waals surface area (Å²) in [6.07, 6.45) is 1.93. The summed E-state index contributed by atoms with van der Waals surface area (Å²) in [4.78, 5) is 53.5. The van der Waals surface area contributed by atoms with E-state index in [4.69, 9.17) is 0 Å². The summed E-state index contributed by atoms with van der Waals surface area (Å²) in [5.74, 6) is -0.667. The standard InChI is InChI=1S/C23H38N2O4S/c1-14(30-16-13-18(27)24(20(16)29)22(5,6)7)10-11-23(8,9)25-17(26)12-15(19(25)28)21(2,3)4/h14-16H,10-13H2,1-9H3. The van der Waals surface area contributed by atoms with E-state index in [0.29, 0.717) is 6.42 Å². The monoisotopic (exact) mass is 438 g/mol. The number of nitrogens with zero attached hydrogens (tertiary/aromatic N) is 2. The van der Waals surface area contributed by atoms with Crippen molar-refractivity contribution in [2.45, 2.75) is 110 Å². The number of imide groups is 2. The van der Waals surface area contributed by atoms with E-state index in [9.17, 15) is 19.2 Å². The van der Waals surface area contributed by atoms with Crippen molar-refractivity contribution in [2.75, 3.05) is 0 Å². The molecule has 0 aliphatic carbocycles. The van der Waals surface area contributed by atoms with Crippen molar-refractivity contribution in [1.82, 2.24) is 9.80 Å². The molecule has 0 spiro atoms. The molecule has 30 heavy (non-hydrogen) atoms. The van der Waals surface area contributed by atoms with E-state index in [1.165, 1.54) is 21.6 Å². The summed E-state index contributed by atoms with van der Waals surface area (Å²) >= 11 is 1.53. The molecular weight excluding hydrogens is 400 g/mol. The van der Waals surface area contributed by atoms with E-state index in [0.717, 1.165) is 6.42 Å². The predicted molar refractivity (Wildman–Crippen MR) is 120 cm³/mol. The minimum atomic E-state index is -0.573. The number of likely N-dealkylation sites (tertiary alicyclic amines) is 2. The van der Waals surface area contributed by atoms with Crippen molar-refractivity contribution in [2.24, 2.45) is 11.3 Å². The van der Waals surface area contributed by atoms with Crippen molar-refractivity contribution in [1.29, 1.82) is 0 Å². The van der Waals surface area contributed by atoms with E-state index in [1.807, 2.05) is 62.3 Å². The van der Waals surface area contributed by atoms with Crippen LogP contribution in [0.1, 0.15) is 88.0 Å². The van der Waals surface area contributed by atoms with Crippen LogP contribution in [0.25, 0.3) is 0 Å². The van der Waals surface area contributed by atoms with E-state index in [-0.39, 0.29) is 58.3 Å². The van der Waals surface area contributed by atoms with Crippen LogP contribution in [0.15, 0.2) is 0 Å². The average Bonchev–Trinajstić information content (AvgIpc) is 3.01. The fourth-order valence-electron chi connectivity index (χ4n) is 4.38. The summed E-state index contributed by atoms with van der Waals surface area (Å²) in [6.45, 7) is 17.5. The number of carbonyl (C=O) groups excluding carboxylic acids is 4. The van der Waals surface area contributed by atoms with Crippen molar-refractivity contribution in [3.63, 3.8) is 0 Å². The molecule has 4 amide bonds. The molecule has 0 aromatic heterocycles. The average molecular weight is 439 g/mol. The Bertz CT molecular complexity index is 732. The first-order valence-corrected chi connectivity index (χ1v) is 11.8. The Morgan fingerprint density at radius 2 is 1.40 bits per heavy atom. The van der Waals surface area contributed by atoms with Gasteiger partial charge in [0.25, 0.3) is 0 Å². The van der Waals surface area contributed by atoms with Gasteiger partial charge in [-0.25, -0.2) is 0 Å². The summed E-state index contributed by atoms with van der Waals surface area (Å²) in [5, 5.41) is -0.215. The molecule has 0 radical (unpaired) electrons. The van der Waals surface area contributed by atoms with Crippen LogP contribution in [0.5, 0.6) is 0 Å². The molecule has 0 bridgehead atoms. The third-order valence-corrected chi connectivity index (χ3v) is 7.53. The predicted octanol–water partition coefficient (Wildman–Crippen LogP) is 4.01. The topological polar surface area (TPSA) is 74.8 Å². The Labute approximate surface area is 185 Å². The van der Waals surface area contributed by atoms with Crippen molar-refractivity contribution in [3.8, 4) is 0 Å². The Hall–Kier alpha value is -1.37.